The molecular weight excluding hydrogens is 230 g/mol. The fourth-order valence-electron chi connectivity index (χ4n) is 1.26. The van der Waals surface area contributed by atoms with Crippen molar-refractivity contribution in [2.75, 3.05) is 6.61 Å². The van der Waals surface area contributed by atoms with E-state index in [9.17, 15) is 9.59 Å². The van der Waals surface area contributed by atoms with E-state index in [0.29, 0.717) is 12.1 Å². The molecule has 0 atom stereocenters. The third-order valence-electron chi connectivity index (χ3n) is 2.18. The number of carbonyl (C=O) groups is 2. The van der Waals surface area contributed by atoms with Gasteiger partial charge in [-0.25, -0.2) is 4.79 Å². The lowest BCUT2D eigenvalue weighted by Crippen LogP contribution is -2.18. The fourth-order valence-corrected chi connectivity index (χ4v) is 1.26. The second-order valence-corrected chi connectivity index (χ2v) is 4.14. The molecule has 0 aliphatic heterocycles. The highest BCUT2D eigenvalue weighted by molar-refractivity contribution is 5.89. The van der Waals surface area contributed by atoms with Gasteiger partial charge < -0.3 is 10.1 Å². The van der Waals surface area contributed by atoms with Crippen LogP contribution in [-0.4, -0.2) is 18.5 Å². The van der Waals surface area contributed by atoms with Gasteiger partial charge in [-0.1, -0.05) is 18.7 Å². The normalized spacial score (nSPS) is 9.67. The van der Waals surface area contributed by atoms with E-state index in [0.717, 1.165) is 11.1 Å². The van der Waals surface area contributed by atoms with Crippen LogP contribution in [0.25, 0.3) is 0 Å². The third-order valence-corrected chi connectivity index (χ3v) is 2.18. The molecule has 0 heterocycles. The van der Waals surface area contributed by atoms with E-state index >= 15 is 0 Å². The lowest BCUT2D eigenvalue weighted by Gasteiger charge is -2.06. The van der Waals surface area contributed by atoms with Gasteiger partial charge in [0.1, 0.15) is 6.61 Å². The van der Waals surface area contributed by atoms with Crippen molar-refractivity contribution in [1.82, 2.24) is 5.32 Å². The molecule has 0 saturated carbocycles. The Morgan fingerprint density at radius 1 is 1.22 bits per heavy atom. The first kappa shape index (κ1) is 14.0. The molecule has 0 bridgehead atoms. The first-order chi connectivity index (χ1) is 8.49. The highest BCUT2D eigenvalue weighted by Crippen LogP contribution is 2.06. The van der Waals surface area contributed by atoms with Gasteiger partial charge in [0.2, 0.25) is 5.91 Å². The second-order valence-electron chi connectivity index (χ2n) is 4.14. The van der Waals surface area contributed by atoms with Crippen LogP contribution in [0, 0.1) is 0 Å². The van der Waals surface area contributed by atoms with Crippen molar-refractivity contribution in [1.29, 1.82) is 0 Å². The number of carbonyl (C=O) groups excluding carboxylic acids is 2. The number of esters is 1. The Morgan fingerprint density at radius 2 is 1.83 bits per heavy atom. The predicted octanol–water partition coefficient (Wildman–Crippen LogP) is 2.06. The van der Waals surface area contributed by atoms with Gasteiger partial charge in [0.15, 0.2) is 0 Å². The van der Waals surface area contributed by atoms with E-state index in [1.165, 1.54) is 6.92 Å². The Labute approximate surface area is 107 Å². The molecule has 0 aliphatic carbocycles. The smallest absolute Gasteiger partial charge is 0.338 e. The van der Waals surface area contributed by atoms with Gasteiger partial charge in [-0.15, -0.1) is 0 Å². The lowest BCUT2D eigenvalue weighted by molar-refractivity contribution is -0.119. The summed E-state index contributed by atoms with van der Waals surface area (Å²) in [6.07, 6.45) is 0. The number of benzene rings is 1. The fraction of sp³-hybridized carbons (Fsp3) is 0.286. The summed E-state index contributed by atoms with van der Waals surface area (Å²) in [6, 6.07) is 6.93. The molecule has 0 aromatic heterocycles. The van der Waals surface area contributed by atoms with Crippen LogP contribution in [0.5, 0.6) is 0 Å². The summed E-state index contributed by atoms with van der Waals surface area (Å²) in [4.78, 5) is 22.3. The molecule has 4 nitrogen and oxygen atoms in total. The highest BCUT2D eigenvalue weighted by Gasteiger charge is 2.06. The van der Waals surface area contributed by atoms with Gasteiger partial charge in [-0.2, -0.15) is 0 Å². The molecule has 4 heteroatoms. The maximum atomic E-state index is 11.6. The standard InChI is InChI=1S/C14H17NO3/c1-10(2)9-18-14(17)13-6-4-12(5-7-13)8-15-11(3)16/h4-7H,1,8-9H2,2-3H3,(H,15,16). The highest BCUT2D eigenvalue weighted by atomic mass is 16.5. The van der Waals surface area contributed by atoms with Gasteiger partial charge in [0.05, 0.1) is 5.56 Å². The zero-order valence-electron chi connectivity index (χ0n) is 10.7. The van der Waals surface area contributed by atoms with Crippen LogP contribution >= 0.6 is 0 Å². The molecule has 96 valence electrons. The summed E-state index contributed by atoms with van der Waals surface area (Å²) in [5.74, 6) is -0.455. The number of nitrogens with one attached hydrogen (secondary N) is 1. The van der Waals surface area contributed by atoms with Gasteiger partial charge >= 0.3 is 5.97 Å². The van der Waals surface area contributed by atoms with E-state index in [4.69, 9.17) is 4.74 Å². The summed E-state index contributed by atoms with van der Waals surface area (Å²) >= 11 is 0. The quantitative estimate of drug-likeness (QED) is 0.640. The number of hydrogen-bond donors (Lipinski definition) is 1. The van der Waals surface area contributed by atoms with Crippen LogP contribution in [0.3, 0.4) is 0 Å². The van der Waals surface area contributed by atoms with E-state index < -0.39 is 0 Å². The number of amides is 1. The molecule has 1 N–H and O–H groups in total. The minimum atomic E-state index is -0.371. The second kappa shape index (κ2) is 6.59. The number of rotatable bonds is 5. The van der Waals surface area contributed by atoms with Crippen LogP contribution in [0.1, 0.15) is 29.8 Å². The Bertz CT molecular complexity index is 449. The molecule has 0 unspecified atom stereocenters. The summed E-state index contributed by atoms with van der Waals surface area (Å²) in [6.45, 7) is 7.60. The van der Waals surface area contributed by atoms with Crippen molar-refractivity contribution in [3.05, 3.63) is 47.5 Å². The summed E-state index contributed by atoms with van der Waals surface area (Å²) in [5.41, 5.74) is 2.22. The van der Waals surface area contributed by atoms with Gasteiger partial charge in [-0.3, -0.25) is 4.79 Å². The number of ether oxygens (including phenoxy) is 1. The molecule has 1 aromatic rings. The van der Waals surface area contributed by atoms with Crippen LogP contribution in [-0.2, 0) is 16.1 Å². The van der Waals surface area contributed by atoms with Crippen molar-refractivity contribution >= 4 is 11.9 Å². The summed E-state index contributed by atoms with van der Waals surface area (Å²) in [5, 5.41) is 2.68. The lowest BCUT2D eigenvalue weighted by atomic mass is 10.1. The Balaban J connectivity index is 2.56. The monoisotopic (exact) mass is 247 g/mol. The van der Waals surface area contributed by atoms with Crippen LogP contribution in [0.2, 0.25) is 0 Å². The van der Waals surface area contributed by atoms with Crippen molar-refractivity contribution < 1.29 is 14.3 Å². The molecule has 1 rings (SSSR count). The summed E-state index contributed by atoms with van der Waals surface area (Å²) in [7, 11) is 0. The Hall–Kier alpha value is -2.10. The first-order valence-electron chi connectivity index (χ1n) is 5.64. The minimum Gasteiger partial charge on any atom is -0.458 e. The largest absolute Gasteiger partial charge is 0.458 e. The van der Waals surface area contributed by atoms with Gasteiger partial charge in [0.25, 0.3) is 0 Å². The SMILES string of the molecule is C=C(C)COC(=O)c1ccc(CNC(C)=O)cc1. The molecule has 18 heavy (non-hydrogen) atoms. The van der Waals surface area contributed by atoms with E-state index in [1.54, 1.807) is 31.2 Å². The average molecular weight is 247 g/mol. The molecule has 1 aromatic carbocycles. The molecular formula is C14H17NO3. The molecule has 0 radical (unpaired) electrons. The van der Waals surface area contributed by atoms with E-state index in [1.807, 2.05) is 0 Å². The third kappa shape index (κ3) is 4.82. The van der Waals surface area contributed by atoms with Crippen molar-refractivity contribution in [2.24, 2.45) is 0 Å². The molecule has 0 aliphatic rings. The Morgan fingerprint density at radius 3 is 2.33 bits per heavy atom. The molecule has 0 fully saturated rings. The Kier molecular flexibility index (Phi) is 5.11. The number of hydrogen-bond acceptors (Lipinski definition) is 3. The van der Waals surface area contributed by atoms with E-state index in [-0.39, 0.29) is 18.5 Å². The topological polar surface area (TPSA) is 55.4 Å². The molecule has 0 spiro atoms. The van der Waals surface area contributed by atoms with E-state index in [2.05, 4.69) is 11.9 Å². The van der Waals surface area contributed by atoms with Crippen molar-refractivity contribution in [2.45, 2.75) is 20.4 Å². The van der Waals surface area contributed by atoms with Crippen LogP contribution < -0.4 is 5.32 Å². The molecule has 0 saturated heterocycles. The van der Waals surface area contributed by atoms with Crippen LogP contribution in [0.4, 0.5) is 0 Å². The molecule has 1 amide bonds. The van der Waals surface area contributed by atoms with Crippen molar-refractivity contribution in [3.63, 3.8) is 0 Å². The average Bonchev–Trinajstić information content (AvgIpc) is 2.34. The minimum absolute atomic E-state index is 0.0834. The summed E-state index contributed by atoms with van der Waals surface area (Å²) < 4.78 is 5.02. The maximum Gasteiger partial charge on any atom is 0.338 e. The predicted molar refractivity (Wildman–Crippen MR) is 69.1 cm³/mol. The maximum absolute atomic E-state index is 11.6. The first-order valence-corrected chi connectivity index (χ1v) is 5.64. The van der Waals surface area contributed by atoms with Gasteiger partial charge in [-0.05, 0) is 30.2 Å². The van der Waals surface area contributed by atoms with Crippen LogP contribution in [0.15, 0.2) is 36.4 Å². The zero-order valence-corrected chi connectivity index (χ0v) is 10.7. The van der Waals surface area contributed by atoms with Gasteiger partial charge in [0, 0.05) is 13.5 Å². The zero-order chi connectivity index (χ0) is 13.5. The van der Waals surface area contributed by atoms with Crippen molar-refractivity contribution in [3.8, 4) is 0 Å².